The quantitative estimate of drug-likeness (QED) is 0.910. The number of para-hydroxylation sites is 1. The van der Waals surface area contributed by atoms with Gasteiger partial charge in [0.15, 0.2) is 0 Å². The number of halogens is 1. The summed E-state index contributed by atoms with van der Waals surface area (Å²) in [5, 5.41) is 0. The highest BCUT2D eigenvalue weighted by atomic mass is 35.5. The summed E-state index contributed by atoms with van der Waals surface area (Å²) in [6.45, 7) is 10.8. The molecule has 18 heavy (non-hydrogen) atoms. The molecule has 1 aromatic carbocycles. The highest BCUT2D eigenvalue weighted by Crippen LogP contribution is 2.40. The van der Waals surface area contributed by atoms with Crippen molar-refractivity contribution in [3.8, 4) is 0 Å². The summed E-state index contributed by atoms with van der Waals surface area (Å²) in [7, 11) is 0. The van der Waals surface area contributed by atoms with Crippen LogP contribution >= 0.6 is 12.4 Å². The van der Waals surface area contributed by atoms with Crippen LogP contribution in [-0.2, 0) is 0 Å². The largest absolute Gasteiger partial charge is 0.369 e. The molecule has 0 saturated heterocycles. The topological polar surface area (TPSA) is 29.3 Å². The van der Waals surface area contributed by atoms with Crippen LogP contribution < -0.4 is 10.6 Å². The first-order valence-corrected chi connectivity index (χ1v) is 6.51. The minimum atomic E-state index is -0.140. The fraction of sp³-hybridized carbons (Fsp3) is 0.600. The van der Waals surface area contributed by atoms with Gasteiger partial charge in [0.05, 0.1) is 0 Å². The lowest BCUT2D eigenvalue weighted by Crippen LogP contribution is -2.45. The van der Waals surface area contributed by atoms with Gasteiger partial charge in [-0.25, -0.2) is 0 Å². The molecule has 0 amide bonds. The molecule has 1 aliphatic heterocycles. The maximum atomic E-state index is 6.15. The SMILES string of the molecule is CC(C)C1CN(CC(C)(C)N)c2ccccc21.Cl. The Morgan fingerprint density at radius 2 is 1.94 bits per heavy atom. The van der Waals surface area contributed by atoms with Crippen molar-refractivity contribution in [2.24, 2.45) is 11.7 Å². The maximum Gasteiger partial charge on any atom is 0.0403 e. The molecule has 3 heteroatoms. The van der Waals surface area contributed by atoms with Gasteiger partial charge in [0.2, 0.25) is 0 Å². The van der Waals surface area contributed by atoms with Crippen LogP contribution in [0.5, 0.6) is 0 Å². The number of nitrogens with two attached hydrogens (primary N) is 1. The molecule has 1 aromatic rings. The Bertz CT molecular complexity index is 396. The fourth-order valence-electron chi connectivity index (χ4n) is 2.73. The van der Waals surface area contributed by atoms with Crippen molar-refractivity contribution in [2.75, 3.05) is 18.0 Å². The highest BCUT2D eigenvalue weighted by molar-refractivity contribution is 5.85. The van der Waals surface area contributed by atoms with Gasteiger partial charge in [0, 0.05) is 30.2 Å². The molecule has 0 bridgehead atoms. The Kier molecular flexibility index (Phi) is 4.68. The van der Waals surface area contributed by atoms with Crippen LogP contribution in [0.1, 0.15) is 39.2 Å². The Morgan fingerprint density at radius 1 is 1.33 bits per heavy atom. The second-order valence-corrected chi connectivity index (χ2v) is 6.28. The van der Waals surface area contributed by atoms with Gasteiger partial charge in [-0.15, -0.1) is 12.4 Å². The maximum absolute atomic E-state index is 6.15. The van der Waals surface area contributed by atoms with Gasteiger partial charge in [-0.1, -0.05) is 32.0 Å². The zero-order valence-corrected chi connectivity index (χ0v) is 12.6. The van der Waals surface area contributed by atoms with Crippen molar-refractivity contribution >= 4 is 18.1 Å². The van der Waals surface area contributed by atoms with Crippen molar-refractivity contribution < 1.29 is 0 Å². The molecule has 0 saturated carbocycles. The molecule has 1 aliphatic rings. The predicted molar refractivity (Wildman–Crippen MR) is 81.7 cm³/mol. The van der Waals surface area contributed by atoms with E-state index in [-0.39, 0.29) is 17.9 Å². The van der Waals surface area contributed by atoms with Crippen LogP contribution in [0, 0.1) is 5.92 Å². The fourth-order valence-corrected chi connectivity index (χ4v) is 2.73. The number of benzene rings is 1. The zero-order valence-electron chi connectivity index (χ0n) is 11.8. The van der Waals surface area contributed by atoms with E-state index in [4.69, 9.17) is 5.73 Å². The van der Waals surface area contributed by atoms with E-state index in [1.165, 1.54) is 11.3 Å². The highest BCUT2D eigenvalue weighted by Gasteiger charge is 2.32. The molecule has 0 aromatic heterocycles. The standard InChI is InChI=1S/C15H24N2.ClH/c1-11(2)13-9-17(10-15(3,4)16)14-8-6-5-7-12(13)14;/h5-8,11,13H,9-10,16H2,1-4H3;1H. The summed E-state index contributed by atoms with van der Waals surface area (Å²) in [4.78, 5) is 2.44. The van der Waals surface area contributed by atoms with E-state index >= 15 is 0 Å². The molecule has 1 atom stereocenters. The molecule has 0 fully saturated rings. The average Bonchev–Trinajstić information content (AvgIpc) is 2.55. The number of hydrogen-bond acceptors (Lipinski definition) is 2. The molecule has 2 nitrogen and oxygen atoms in total. The number of anilines is 1. The molecule has 0 spiro atoms. The second kappa shape index (κ2) is 5.50. The number of fused-ring (bicyclic) bond motifs is 1. The monoisotopic (exact) mass is 268 g/mol. The molecule has 102 valence electrons. The summed E-state index contributed by atoms with van der Waals surface area (Å²) >= 11 is 0. The smallest absolute Gasteiger partial charge is 0.0403 e. The number of rotatable bonds is 3. The first kappa shape index (κ1) is 15.3. The van der Waals surface area contributed by atoms with Gasteiger partial charge in [0.25, 0.3) is 0 Å². The van der Waals surface area contributed by atoms with Crippen molar-refractivity contribution in [1.29, 1.82) is 0 Å². The summed E-state index contributed by atoms with van der Waals surface area (Å²) in [5.41, 5.74) is 8.88. The van der Waals surface area contributed by atoms with Crippen molar-refractivity contribution in [2.45, 2.75) is 39.2 Å². The zero-order chi connectivity index (χ0) is 12.6. The van der Waals surface area contributed by atoms with Crippen molar-refractivity contribution in [3.63, 3.8) is 0 Å². The van der Waals surface area contributed by atoms with E-state index in [0.717, 1.165) is 13.1 Å². The summed E-state index contributed by atoms with van der Waals surface area (Å²) in [6, 6.07) is 8.76. The molecule has 2 N–H and O–H groups in total. The summed E-state index contributed by atoms with van der Waals surface area (Å²) < 4.78 is 0. The van der Waals surface area contributed by atoms with Crippen molar-refractivity contribution in [1.82, 2.24) is 0 Å². The van der Waals surface area contributed by atoms with Crippen LogP contribution in [0.3, 0.4) is 0 Å². The summed E-state index contributed by atoms with van der Waals surface area (Å²) in [6.07, 6.45) is 0. The Balaban J connectivity index is 0.00000162. The molecule has 1 unspecified atom stereocenters. The van der Waals surface area contributed by atoms with Crippen LogP contribution in [0.2, 0.25) is 0 Å². The number of nitrogens with zero attached hydrogens (tertiary/aromatic N) is 1. The van der Waals surface area contributed by atoms with Gasteiger partial charge < -0.3 is 10.6 Å². The van der Waals surface area contributed by atoms with Gasteiger partial charge in [-0.05, 0) is 31.4 Å². The van der Waals surface area contributed by atoms with E-state index < -0.39 is 0 Å². The number of hydrogen-bond donors (Lipinski definition) is 1. The third-order valence-corrected chi connectivity index (χ3v) is 3.50. The Morgan fingerprint density at radius 3 is 2.50 bits per heavy atom. The molecule has 1 heterocycles. The van der Waals surface area contributed by atoms with Crippen LogP contribution in [0.15, 0.2) is 24.3 Å². The molecular formula is C15H25ClN2. The van der Waals surface area contributed by atoms with Crippen molar-refractivity contribution in [3.05, 3.63) is 29.8 Å². The first-order chi connectivity index (χ1) is 7.88. The third kappa shape index (κ3) is 3.18. The lowest BCUT2D eigenvalue weighted by molar-refractivity contribution is 0.473. The Labute approximate surface area is 117 Å². The van der Waals surface area contributed by atoms with Gasteiger partial charge >= 0.3 is 0 Å². The van der Waals surface area contributed by atoms with E-state index in [0.29, 0.717) is 11.8 Å². The molecule has 0 aliphatic carbocycles. The van der Waals surface area contributed by atoms with E-state index in [2.05, 4.69) is 56.9 Å². The molecule has 0 radical (unpaired) electrons. The normalized spacial score (nSPS) is 18.8. The minimum Gasteiger partial charge on any atom is -0.369 e. The summed E-state index contributed by atoms with van der Waals surface area (Å²) in [5.74, 6) is 1.33. The van der Waals surface area contributed by atoms with Gasteiger partial charge in [0.1, 0.15) is 0 Å². The van der Waals surface area contributed by atoms with Crippen LogP contribution in [0.25, 0.3) is 0 Å². The van der Waals surface area contributed by atoms with Gasteiger partial charge in [-0.2, -0.15) is 0 Å². The van der Waals surface area contributed by atoms with Crippen LogP contribution in [0.4, 0.5) is 5.69 Å². The van der Waals surface area contributed by atoms with E-state index in [1.54, 1.807) is 0 Å². The molecule has 2 rings (SSSR count). The Hall–Kier alpha value is -0.730. The first-order valence-electron chi connectivity index (χ1n) is 6.51. The molecular weight excluding hydrogens is 244 g/mol. The van der Waals surface area contributed by atoms with E-state index in [9.17, 15) is 0 Å². The predicted octanol–water partition coefficient (Wildman–Crippen LogP) is 3.41. The lowest BCUT2D eigenvalue weighted by atomic mass is 9.90. The van der Waals surface area contributed by atoms with Crippen LogP contribution in [-0.4, -0.2) is 18.6 Å². The lowest BCUT2D eigenvalue weighted by Gasteiger charge is -2.29. The third-order valence-electron chi connectivity index (χ3n) is 3.50. The average molecular weight is 269 g/mol. The van der Waals surface area contributed by atoms with Gasteiger partial charge in [-0.3, -0.25) is 0 Å². The minimum absolute atomic E-state index is 0. The van der Waals surface area contributed by atoms with E-state index in [1.807, 2.05) is 0 Å². The second-order valence-electron chi connectivity index (χ2n) is 6.28.